The average molecular weight is 288 g/mol. The highest BCUT2D eigenvalue weighted by Gasteiger charge is 2.42. The molecule has 0 spiro atoms. The zero-order chi connectivity index (χ0) is 15.0. The molecule has 0 aromatic heterocycles. The normalized spacial score (nSPS) is 44.3. The van der Waals surface area contributed by atoms with E-state index in [1.165, 1.54) is 38.5 Å². The summed E-state index contributed by atoms with van der Waals surface area (Å²) >= 11 is 0. The van der Waals surface area contributed by atoms with Crippen LogP contribution in [0.1, 0.15) is 58.3 Å². The molecule has 0 saturated heterocycles. The maximum Gasteiger partial charge on any atom is 0.0811 e. The molecular formula is C19H28O2. The number of hydrogen-bond acceptors (Lipinski definition) is 2. The second-order valence-electron chi connectivity index (χ2n) is 7.52. The van der Waals surface area contributed by atoms with E-state index in [4.69, 9.17) is 0 Å². The summed E-state index contributed by atoms with van der Waals surface area (Å²) in [6, 6.07) is 0. The van der Waals surface area contributed by atoms with Gasteiger partial charge in [0.2, 0.25) is 0 Å². The average Bonchev–Trinajstić information content (AvgIpc) is 2.83. The Morgan fingerprint density at radius 2 is 1.95 bits per heavy atom. The highest BCUT2D eigenvalue weighted by Crippen LogP contribution is 2.54. The topological polar surface area (TPSA) is 40.5 Å². The van der Waals surface area contributed by atoms with E-state index in [2.05, 4.69) is 25.7 Å². The summed E-state index contributed by atoms with van der Waals surface area (Å²) in [5.74, 6) is 0.745. The largest absolute Gasteiger partial charge is 0.393 e. The molecule has 0 radical (unpaired) electrons. The Morgan fingerprint density at radius 1 is 1.19 bits per heavy atom. The molecule has 4 unspecified atom stereocenters. The Labute approximate surface area is 128 Å². The van der Waals surface area contributed by atoms with Gasteiger partial charge in [-0.05, 0) is 61.0 Å². The van der Waals surface area contributed by atoms with Crippen LogP contribution in [0.25, 0.3) is 0 Å². The Morgan fingerprint density at radius 3 is 2.76 bits per heavy atom. The van der Waals surface area contributed by atoms with Crippen LogP contribution in [0, 0.1) is 11.3 Å². The van der Waals surface area contributed by atoms with Crippen LogP contribution in [-0.4, -0.2) is 22.4 Å². The Bertz CT molecular complexity index is 488. The van der Waals surface area contributed by atoms with Crippen molar-refractivity contribution in [3.8, 4) is 0 Å². The zero-order valence-electron chi connectivity index (χ0n) is 13.1. The molecule has 3 saturated carbocycles. The van der Waals surface area contributed by atoms with Crippen LogP contribution < -0.4 is 0 Å². The molecule has 3 aliphatic rings. The number of fused-ring (bicyclic) bond motifs is 1. The lowest BCUT2D eigenvalue weighted by atomic mass is 9.67. The van der Waals surface area contributed by atoms with E-state index < -0.39 is 12.2 Å². The lowest BCUT2D eigenvalue weighted by molar-refractivity contribution is 0.0862. The van der Waals surface area contributed by atoms with Crippen LogP contribution >= 0.6 is 0 Å². The summed E-state index contributed by atoms with van der Waals surface area (Å²) in [5, 5.41) is 19.8. The molecule has 0 aromatic rings. The van der Waals surface area contributed by atoms with E-state index in [1.54, 1.807) is 5.57 Å². The lowest BCUT2D eigenvalue weighted by Crippen LogP contribution is -2.28. The fourth-order valence-corrected chi connectivity index (χ4v) is 4.70. The molecule has 116 valence electrons. The third-order valence-corrected chi connectivity index (χ3v) is 6.01. The molecular weight excluding hydrogens is 260 g/mol. The van der Waals surface area contributed by atoms with Crippen LogP contribution in [0.15, 0.2) is 35.5 Å². The van der Waals surface area contributed by atoms with Crippen molar-refractivity contribution in [2.24, 2.45) is 11.3 Å². The van der Waals surface area contributed by atoms with Gasteiger partial charge in [-0.3, -0.25) is 0 Å². The van der Waals surface area contributed by atoms with Crippen LogP contribution in [0.4, 0.5) is 0 Å². The van der Waals surface area contributed by atoms with Gasteiger partial charge in [0.05, 0.1) is 12.2 Å². The summed E-state index contributed by atoms with van der Waals surface area (Å²) < 4.78 is 0. The van der Waals surface area contributed by atoms with Crippen molar-refractivity contribution >= 4 is 0 Å². The second-order valence-corrected chi connectivity index (χ2v) is 7.52. The Hall–Kier alpha value is -0.860. The van der Waals surface area contributed by atoms with E-state index >= 15 is 0 Å². The zero-order valence-corrected chi connectivity index (χ0v) is 13.1. The third kappa shape index (κ3) is 2.89. The first-order valence-electron chi connectivity index (χ1n) is 8.44. The molecule has 4 atom stereocenters. The van der Waals surface area contributed by atoms with E-state index in [9.17, 15) is 10.2 Å². The molecule has 0 bridgehead atoms. The van der Waals surface area contributed by atoms with Gasteiger partial charge in [0.1, 0.15) is 0 Å². The number of allylic oxidation sites excluding steroid dienone is 3. The lowest BCUT2D eigenvalue weighted by Gasteiger charge is -2.38. The molecule has 0 aliphatic heterocycles. The van der Waals surface area contributed by atoms with Gasteiger partial charge in [-0.2, -0.15) is 0 Å². The van der Waals surface area contributed by atoms with Gasteiger partial charge in [0, 0.05) is 6.42 Å². The molecule has 0 heterocycles. The molecule has 3 fully saturated rings. The molecule has 3 aliphatic carbocycles. The van der Waals surface area contributed by atoms with Crippen LogP contribution in [-0.2, 0) is 0 Å². The van der Waals surface area contributed by atoms with E-state index in [0.717, 1.165) is 17.1 Å². The Kier molecular flexibility index (Phi) is 4.11. The number of aliphatic hydroxyl groups excluding tert-OH is 2. The fourth-order valence-electron chi connectivity index (χ4n) is 4.70. The summed E-state index contributed by atoms with van der Waals surface area (Å²) in [6.07, 6.45) is 12.4. The van der Waals surface area contributed by atoms with Crippen molar-refractivity contribution in [3.05, 3.63) is 35.5 Å². The van der Waals surface area contributed by atoms with Crippen LogP contribution in [0.5, 0.6) is 0 Å². The van der Waals surface area contributed by atoms with Crippen molar-refractivity contribution < 1.29 is 10.2 Å². The smallest absolute Gasteiger partial charge is 0.0811 e. The predicted octanol–water partition coefficient (Wildman–Crippen LogP) is 3.90. The summed E-state index contributed by atoms with van der Waals surface area (Å²) in [7, 11) is 0. The maximum atomic E-state index is 9.93. The molecule has 0 amide bonds. The molecule has 2 heteroatoms. The number of aliphatic hydroxyl groups is 2. The quantitative estimate of drug-likeness (QED) is 0.768. The fraction of sp³-hybridized carbons (Fsp3) is 0.684. The highest BCUT2D eigenvalue weighted by atomic mass is 16.3. The van der Waals surface area contributed by atoms with Gasteiger partial charge in [0.15, 0.2) is 0 Å². The van der Waals surface area contributed by atoms with Gasteiger partial charge >= 0.3 is 0 Å². The highest BCUT2D eigenvalue weighted by molar-refractivity contribution is 5.38. The van der Waals surface area contributed by atoms with Gasteiger partial charge < -0.3 is 10.2 Å². The number of hydrogen-bond donors (Lipinski definition) is 2. The first-order valence-corrected chi connectivity index (χ1v) is 8.44. The molecule has 21 heavy (non-hydrogen) atoms. The monoisotopic (exact) mass is 288 g/mol. The third-order valence-electron chi connectivity index (χ3n) is 6.01. The second kappa shape index (κ2) is 5.73. The number of rotatable bonds is 1. The molecule has 2 N–H and O–H groups in total. The SMILES string of the molecule is C=C1C(=CC=C2CCCC3(C)CCCC23)CC(O)CC1O. The van der Waals surface area contributed by atoms with Gasteiger partial charge in [-0.15, -0.1) is 0 Å². The van der Waals surface area contributed by atoms with Crippen molar-refractivity contribution in [1.82, 2.24) is 0 Å². The van der Waals surface area contributed by atoms with Crippen LogP contribution in [0.2, 0.25) is 0 Å². The van der Waals surface area contributed by atoms with E-state index in [1.807, 2.05) is 0 Å². The van der Waals surface area contributed by atoms with Gasteiger partial charge in [0.25, 0.3) is 0 Å². The summed E-state index contributed by atoms with van der Waals surface area (Å²) in [5.41, 5.74) is 3.92. The minimum absolute atomic E-state index is 0.424. The molecule has 0 aromatic carbocycles. The maximum absolute atomic E-state index is 9.93. The standard InChI is InChI=1S/C19H28O2/c1-13-15(11-16(20)12-18(13)21)8-7-14-5-3-9-19(2)10-4-6-17(14)19/h7-8,16-18,20-21H,1,3-6,9-12H2,2H3. The predicted molar refractivity (Wildman–Crippen MR) is 85.9 cm³/mol. The van der Waals surface area contributed by atoms with Crippen molar-refractivity contribution in [3.63, 3.8) is 0 Å². The summed E-state index contributed by atoms with van der Waals surface area (Å²) in [6.45, 7) is 6.45. The molecule has 2 nitrogen and oxygen atoms in total. The van der Waals surface area contributed by atoms with Gasteiger partial charge in [-0.25, -0.2) is 0 Å². The Balaban J connectivity index is 1.81. The summed E-state index contributed by atoms with van der Waals surface area (Å²) in [4.78, 5) is 0. The first-order chi connectivity index (χ1) is 9.99. The minimum atomic E-state index is -0.582. The van der Waals surface area contributed by atoms with E-state index in [-0.39, 0.29) is 0 Å². The van der Waals surface area contributed by atoms with Crippen molar-refractivity contribution in [2.45, 2.75) is 70.5 Å². The van der Waals surface area contributed by atoms with Gasteiger partial charge in [-0.1, -0.05) is 37.6 Å². The van der Waals surface area contributed by atoms with Crippen molar-refractivity contribution in [1.29, 1.82) is 0 Å². The minimum Gasteiger partial charge on any atom is -0.393 e. The van der Waals surface area contributed by atoms with Crippen LogP contribution in [0.3, 0.4) is 0 Å². The van der Waals surface area contributed by atoms with Crippen molar-refractivity contribution in [2.75, 3.05) is 0 Å². The molecule has 3 rings (SSSR count). The first kappa shape index (κ1) is 15.1. The van der Waals surface area contributed by atoms with E-state index in [0.29, 0.717) is 18.3 Å².